The van der Waals surface area contributed by atoms with Crippen molar-refractivity contribution >= 4 is 34.8 Å². The van der Waals surface area contributed by atoms with Gasteiger partial charge in [0.1, 0.15) is 0 Å². The van der Waals surface area contributed by atoms with Crippen LogP contribution < -0.4 is 0 Å². The predicted octanol–water partition coefficient (Wildman–Crippen LogP) is 5.22. The number of halogens is 6. The topological polar surface area (TPSA) is 33.1 Å². The summed E-state index contributed by atoms with van der Waals surface area (Å²) >= 11 is 17.7. The molecule has 0 unspecified atom stereocenters. The Bertz CT molecular complexity index is 689. The van der Waals surface area contributed by atoms with Gasteiger partial charge in [-0.3, -0.25) is 4.98 Å². The van der Waals surface area contributed by atoms with E-state index in [1.54, 1.807) is 0 Å². The summed E-state index contributed by atoms with van der Waals surface area (Å²) in [5, 5.41) is 9.73. The lowest BCUT2D eigenvalue weighted by Crippen LogP contribution is -2.10. The second-order valence-electron chi connectivity index (χ2n) is 4.13. The number of rotatable bonds is 2. The van der Waals surface area contributed by atoms with E-state index >= 15 is 0 Å². The predicted molar refractivity (Wildman–Crippen MR) is 75.6 cm³/mol. The van der Waals surface area contributed by atoms with Crippen molar-refractivity contribution in [1.29, 1.82) is 0 Å². The van der Waals surface area contributed by atoms with Crippen molar-refractivity contribution in [3.05, 3.63) is 50.6 Å². The van der Waals surface area contributed by atoms with Crippen LogP contribution in [0.1, 0.15) is 11.1 Å². The van der Waals surface area contributed by atoms with Crippen molar-refractivity contribution in [2.75, 3.05) is 0 Å². The molecule has 0 amide bonds. The number of benzene rings is 1. The maximum atomic E-state index is 12.8. The molecule has 0 aliphatic rings. The second-order valence-corrected chi connectivity index (χ2v) is 5.35. The van der Waals surface area contributed by atoms with Gasteiger partial charge in [-0.2, -0.15) is 13.2 Å². The van der Waals surface area contributed by atoms with Gasteiger partial charge in [-0.15, -0.1) is 0 Å². The third-order valence-electron chi connectivity index (χ3n) is 2.75. The molecule has 2 aromatic rings. The number of pyridine rings is 1. The molecule has 1 aromatic carbocycles. The first kappa shape index (κ1) is 16.4. The van der Waals surface area contributed by atoms with Gasteiger partial charge in [0.05, 0.1) is 32.9 Å². The summed E-state index contributed by atoms with van der Waals surface area (Å²) in [4.78, 5) is 3.74. The van der Waals surface area contributed by atoms with Crippen LogP contribution in [0.15, 0.2) is 24.4 Å². The molecule has 0 radical (unpaired) electrons. The smallest absolute Gasteiger partial charge is 0.392 e. The fraction of sp³-hybridized carbons (Fsp3) is 0.154. The molecular weight excluding hydrogens is 350 g/mol. The Hall–Kier alpha value is -1.01. The number of nitrogens with zero attached hydrogens (tertiary/aromatic N) is 1. The molecule has 0 saturated carbocycles. The zero-order chi connectivity index (χ0) is 15.8. The van der Waals surface area contributed by atoms with Crippen molar-refractivity contribution in [3.8, 4) is 11.3 Å². The number of alkyl halides is 3. The van der Waals surface area contributed by atoms with Gasteiger partial charge in [0.2, 0.25) is 0 Å². The molecule has 1 aromatic heterocycles. The van der Waals surface area contributed by atoms with Gasteiger partial charge in [0, 0.05) is 11.8 Å². The van der Waals surface area contributed by atoms with Crippen LogP contribution >= 0.6 is 34.8 Å². The first-order chi connectivity index (χ1) is 9.74. The highest BCUT2D eigenvalue weighted by Gasteiger charge is 2.33. The van der Waals surface area contributed by atoms with Crippen molar-refractivity contribution in [2.45, 2.75) is 12.8 Å². The lowest BCUT2D eigenvalue weighted by atomic mass is 10.1. The quantitative estimate of drug-likeness (QED) is 0.748. The summed E-state index contributed by atoms with van der Waals surface area (Å²) in [5.74, 6) is 0. The Morgan fingerprint density at radius 1 is 1.00 bits per heavy atom. The van der Waals surface area contributed by atoms with Gasteiger partial charge >= 0.3 is 6.18 Å². The summed E-state index contributed by atoms with van der Waals surface area (Å²) in [6, 6.07) is 3.90. The van der Waals surface area contributed by atoms with Crippen LogP contribution in [0.4, 0.5) is 13.2 Å². The van der Waals surface area contributed by atoms with E-state index < -0.39 is 18.3 Å². The zero-order valence-corrected chi connectivity index (χ0v) is 12.4. The van der Waals surface area contributed by atoms with E-state index in [0.29, 0.717) is 11.8 Å². The van der Waals surface area contributed by atoms with E-state index in [1.165, 1.54) is 12.1 Å². The molecule has 112 valence electrons. The average Bonchev–Trinajstić information content (AvgIpc) is 2.41. The third kappa shape index (κ3) is 3.43. The van der Waals surface area contributed by atoms with Gasteiger partial charge in [-0.25, -0.2) is 0 Å². The molecule has 2 nitrogen and oxygen atoms in total. The number of aliphatic hydroxyl groups excluding tert-OH is 1. The lowest BCUT2D eigenvalue weighted by molar-refractivity contribution is -0.138. The molecular formula is C13H7Cl3F3NO. The Balaban J connectivity index is 2.59. The largest absolute Gasteiger partial charge is 0.418 e. The number of hydrogen-bond acceptors (Lipinski definition) is 2. The van der Waals surface area contributed by atoms with Crippen LogP contribution in [0.2, 0.25) is 15.1 Å². The minimum absolute atomic E-state index is 0.163. The highest BCUT2D eigenvalue weighted by molar-refractivity contribution is 6.44. The first-order valence-corrected chi connectivity index (χ1v) is 6.69. The van der Waals surface area contributed by atoms with Crippen LogP contribution in [-0.4, -0.2) is 10.1 Å². The maximum absolute atomic E-state index is 12.8. The van der Waals surface area contributed by atoms with Gasteiger partial charge < -0.3 is 5.11 Å². The maximum Gasteiger partial charge on any atom is 0.418 e. The Labute approximate surface area is 133 Å². The summed E-state index contributed by atoms with van der Waals surface area (Å²) in [7, 11) is 0. The molecule has 0 atom stereocenters. The Kier molecular flexibility index (Phi) is 4.68. The molecule has 1 heterocycles. The SMILES string of the molecule is OCc1cc(-c2cc(Cl)c(Cl)cc2Cl)ncc1C(F)(F)F. The van der Waals surface area contributed by atoms with Crippen LogP contribution in [-0.2, 0) is 12.8 Å². The number of aromatic nitrogens is 1. The van der Waals surface area contributed by atoms with E-state index in [0.717, 1.165) is 6.07 Å². The fourth-order valence-corrected chi connectivity index (χ4v) is 2.39. The molecule has 0 aliphatic carbocycles. The van der Waals surface area contributed by atoms with Crippen LogP contribution in [0.3, 0.4) is 0 Å². The minimum atomic E-state index is -4.59. The summed E-state index contributed by atoms with van der Waals surface area (Å²) in [5.41, 5.74) is -0.801. The molecule has 0 bridgehead atoms. The minimum Gasteiger partial charge on any atom is -0.392 e. The normalized spacial score (nSPS) is 11.8. The van der Waals surface area contributed by atoms with Gasteiger partial charge in [-0.1, -0.05) is 34.8 Å². The van der Waals surface area contributed by atoms with E-state index in [-0.39, 0.29) is 26.3 Å². The van der Waals surface area contributed by atoms with Crippen LogP contribution in [0.5, 0.6) is 0 Å². The summed E-state index contributed by atoms with van der Waals surface area (Å²) < 4.78 is 38.3. The number of aliphatic hydroxyl groups is 1. The Morgan fingerprint density at radius 3 is 2.19 bits per heavy atom. The van der Waals surface area contributed by atoms with Crippen LogP contribution in [0, 0.1) is 0 Å². The first-order valence-electron chi connectivity index (χ1n) is 5.56. The van der Waals surface area contributed by atoms with E-state index in [4.69, 9.17) is 39.9 Å². The summed E-state index contributed by atoms with van der Waals surface area (Å²) in [6.07, 6.45) is -3.94. The number of hydrogen-bond donors (Lipinski definition) is 1. The molecule has 0 spiro atoms. The zero-order valence-electron chi connectivity index (χ0n) is 10.2. The highest BCUT2D eigenvalue weighted by Crippen LogP contribution is 2.37. The average molecular weight is 357 g/mol. The molecule has 1 N–H and O–H groups in total. The van der Waals surface area contributed by atoms with Crippen molar-refractivity contribution in [2.24, 2.45) is 0 Å². The fourth-order valence-electron chi connectivity index (χ4n) is 1.75. The highest BCUT2D eigenvalue weighted by atomic mass is 35.5. The molecule has 21 heavy (non-hydrogen) atoms. The van der Waals surface area contributed by atoms with Crippen molar-refractivity contribution in [1.82, 2.24) is 4.98 Å². The van der Waals surface area contributed by atoms with Gasteiger partial charge in [0.25, 0.3) is 0 Å². The Morgan fingerprint density at radius 2 is 1.62 bits per heavy atom. The summed E-state index contributed by atoms with van der Waals surface area (Å²) in [6.45, 7) is -0.774. The van der Waals surface area contributed by atoms with Gasteiger partial charge in [0.15, 0.2) is 0 Å². The van der Waals surface area contributed by atoms with Crippen molar-refractivity contribution < 1.29 is 18.3 Å². The molecule has 0 aliphatic heterocycles. The monoisotopic (exact) mass is 355 g/mol. The third-order valence-corrected chi connectivity index (χ3v) is 3.79. The van der Waals surface area contributed by atoms with E-state index in [1.807, 2.05) is 0 Å². The molecule has 0 saturated heterocycles. The molecule has 8 heteroatoms. The second kappa shape index (κ2) is 6.01. The van der Waals surface area contributed by atoms with Crippen LogP contribution in [0.25, 0.3) is 11.3 Å². The standard InChI is InChI=1S/C13H7Cl3F3NO/c14-9-3-11(16)10(15)2-7(9)12-1-6(5-21)8(4-20-12)13(17,18)19/h1-4,21H,5H2. The van der Waals surface area contributed by atoms with Crippen molar-refractivity contribution in [3.63, 3.8) is 0 Å². The molecule has 2 rings (SSSR count). The van der Waals surface area contributed by atoms with E-state index in [2.05, 4.69) is 4.98 Å². The lowest BCUT2D eigenvalue weighted by Gasteiger charge is -2.13. The molecule has 0 fully saturated rings. The van der Waals surface area contributed by atoms with E-state index in [9.17, 15) is 13.2 Å². The van der Waals surface area contributed by atoms with Gasteiger partial charge in [-0.05, 0) is 23.8 Å².